The Hall–Kier alpha value is -3.20. The Kier molecular flexibility index (Phi) is 16.7. The van der Waals surface area contributed by atoms with Crippen molar-refractivity contribution in [1.82, 2.24) is 0 Å². The largest absolute Gasteiger partial charge is 0.489 e. The number of hydrogen-bond donors (Lipinski definition) is 0. The van der Waals surface area contributed by atoms with Crippen LogP contribution in [0.15, 0.2) is 49.6 Å². The molecule has 0 bridgehead atoms. The van der Waals surface area contributed by atoms with Gasteiger partial charge in [-0.1, -0.05) is 13.2 Å². The van der Waals surface area contributed by atoms with Crippen LogP contribution in [0.25, 0.3) is 11.1 Å². The Balaban J connectivity index is 1.40. The first-order chi connectivity index (χ1) is 25.0. The first kappa shape index (κ1) is 41.6. The Labute approximate surface area is 322 Å². The predicted molar refractivity (Wildman–Crippen MR) is 211 cm³/mol. The second-order valence-electron chi connectivity index (χ2n) is 12.2. The zero-order chi connectivity index (χ0) is 37.6. The van der Waals surface area contributed by atoms with Crippen LogP contribution in [0.5, 0.6) is 11.5 Å². The van der Waals surface area contributed by atoms with E-state index in [1.807, 2.05) is 52.0 Å². The van der Waals surface area contributed by atoms with E-state index in [1.54, 1.807) is 47.0 Å². The van der Waals surface area contributed by atoms with E-state index in [4.69, 9.17) is 28.4 Å². The van der Waals surface area contributed by atoms with Gasteiger partial charge in [-0.25, -0.2) is 9.59 Å². The fraction of sp³-hybridized carbons (Fsp3) is 0.474. The lowest BCUT2D eigenvalue weighted by molar-refractivity contribution is -0.156. The molecule has 0 radical (unpaired) electrons. The lowest BCUT2D eigenvalue weighted by atomic mass is 9.96. The lowest BCUT2D eigenvalue weighted by Gasteiger charge is -2.23. The molecule has 0 amide bonds. The summed E-state index contributed by atoms with van der Waals surface area (Å²) < 4.78 is 34.3. The van der Waals surface area contributed by atoms with Gasteiger partial charge in [-0.3, -0.25) is 9.59 Å². The number of rotatable bonds is 17. The molecular formula is C38H46O10S4. The Morgan fingerprint density at radius 1 is 0.635 bits per heavy atom. The van der Waals surface area contributed by atoms with Crippen LogP contribution < -0.4 is 9.47 Å². The van der Waals surface area contributed by atoms with E-state index in [9.17, 15) is 19.2 Å². The molecule has 4 unspecified atom stereocenters. The van der Waals surface area contributed by atoms with Crippen LogP contribution in [0.3, 0.4) is 0 Å². The fourth-order valence-electron chi connectivity index (χ4n) is 5.48. The zero-order valence-corrected chi connectivity index (χ0v) is 33.2. The molecule has 2 aliphatic heterocycles. The maximum Gasteiger partial charge on any atom is 0.330 e. The number of carbonyl (C=O) groups is 4. The van der Waals surface area contributed by atoms with Crippen molar-refractivity contribution < 1.29 is 47.6 Å². The van der Waals surface area contributed by atoms with Gasteiger partial charge in [0.2, 0.25) is 0 Å². The van der Waals surface area contributed by atoms with Crippen molar-refractivity contribution in [3.8, 4) is 22.6 Å². The third-order valence-corrected chi connectivity index (χ3v) is 13.4. The molecule has 2 saturated heterocycles. The number of hydrogen-bond acceptors (Lipinski definition) is 14. The minimum Gasteiger partial charge on any atom is -0.489 e. The van der Waals surface area contributed by atoms with Gasteiger partial charge in [-0.2, -0.15) is 23.5 Å². The average Bonchev–Trinajstić information content (AvgIpc) is 3.15. The van der Waals surface area contributed by atoms with E-state index in [0.29, 0.717) is 23.0 Å². The Morgan fingerprint density at radius 3 is 1.31 bits per heavy atom. The molecule has 0 N–H and O–H groups in total. The molecule has 0 aromatic heterocycles. The molecule has 4 rings (SSSR count). The molecule has 282 valence electrons. The van der Waals surface area contributed by atoms with Gasteiger partial charge in [-0.15, -0.1) is 23.5 Å². The summed E-state index contributed by atoms with van der Waals surface area (Å²) in [7, 11) is 0. The van der Waals surface area contributed by atoms with Crippen LogP contribution in [0.1, 0.15) is 22.3 Å². The molecular weight excluding hydrogens is 745 g/mol. The van der Waals surface area contributed by atoms with Gasteiger partial charge >= 0.3 is 23.9 Å². The van der Waals surface area contributed by atoms with Crippen molar-refractivity contribution in [2.75, 3.05) is 60.9 Å². The van der Waals surface area contributed by atoms with Crippen LogP contribution in [-0.4, -0.2) is 108 Å². The summed E-state index contributed by atoms with van der Waals surface area (Å²) in [5.74, 6) is 4.59. The van der Waals surface area contributed by atoms with Gasteiger partial charge in [-0.05, 0) is 85.3 Å². The van der Waals surface area contributed by atoms with Crippen molar-refractivity contribution in [1.29, 1.82) is 0 Å². The van der Waals surface area contributed by atoms with Gasteiger partial charge in [0.25, 0.3) is 0 Å². The van der Waals surface area contributed by atoms with E-state index in [-0.39, 0.29) is 48.9 Å². The van der Waals surface area contributed by atoms with E-state index >= 15 is 0 Å². The molecule has 2 fully saturated rings. The molecule has 0 aliphatic carbocycles. The molecule has 4 atom stereocenters. The van der Waals surface area contributed by atoms with Crippen molar-refractivity contribution in [2.24, 2.45) is 0 Å². The molecule has 2 aliphatic rings. The highest BCUT2D eigenvalue weighted by Crippen LogP contribution is 2.35. The Morgan fingerprint density at radius 2 is 1.00 bits per heavy atom. The minimum absolute atomic E-state index is 0.00832. The van der Waals surface area contributed by atoms with Gasteiger partial charge in [0.15, 0.2) is 12.2 Å². The van der Waals surface area contributed by atoms with Gasteiger partial charge in [0.1, 0.15) is 48.4 Å². The van der Waals surface area contributed by atoms with Gasteiger partial charge in [0.05, 0.1) is 0 Å². The number of aryl methyl sites for hydroxylation is 4. The number of thioether (sulfide) groups is 4. The number of benzene rings is 2. The normalized spacial score (nSPS) is 18.2. The quantitative estimate of drug-likeness (QED) is 0.101. The summed E-state index contributed by atoms with van der Waals surface area (Å²) in [5, 5.41) is -0.472. The molecule has 0 spiro atoms. The number of carbonyl (C=O) groups excluding carboxylic acids is 4. The molecule has 10 nitrogen and oxygen atoms in total. The van der Waals surface area contributed by atoms with Gasteiger partial charge in [0, 0.05) is 46.7 Å². The van der Waals surface area contributed by atoms with Crippen molar-refractivity contribution in [3.05, 3.63) is 71.8 Å². The van der Waals surface area contributed by atoms with Gasteiger partial charge < -0.3 is 28.4 Å². The van der Waals surface area contributed by atoms with E-state index in [0.717, 1.165) is 68.5 Å². The van der Waals surface area contributed by atoms with Crippen LogP contribution in [0, 0.1) is 27.7 Å². The van der Waals surface area contributed by atoms with Crippen LogP contribution in [0.4, 0.5) is 0 Å². The third kappa shape index (κ3) is 12.4. The van der Waals surface area contributed by atoms with Crippen molar-refractivity contribution in [2.45, 2.75) is 50.4 Å². The van der Waals surface area contributed by atoms with Crippen molar-refractivity contribution in [3.63, 3.8) is 0 Å². The summed E-state index contributed by atoms with van der Waals surface area (Å²) in [4.78, 5) is 49.3. The fourth-order valence-corrected chi connectivity index (χ4v) is 10.6. The van der Waals surface area contributed by atoms with Crippen LogP contribution in [-0.2, 0) is 38.1 Å². The molecule has 2 aromatic rings. The van der Waals surface area contributed by atoms with Crippen LogP contribution >= 0.6 is 47.0 Å². The van der Waals surface area contributed by atoms with E-state index in [1.165, 1.54) is 0 Å². The summed E-state index contributed by atoms with van der Waals surface area (Å²) in [6.07, 6.45) is 0.513. The molecule has 2 aromatic carbocycles. The summed E-state index contributed by atoms with van der Waals surface area (Å²) in [5.41, 5.74) is 5.43. The maximum absolute atomic E-state index is 12.6. The van der Waals surface area contributed by atoms with E-state index in [2.05, 4.69) is 13.2 Å². The predicted octanol–water partition coefficient (Wildman–Crippen LogP) is 6.32. The van der Waals surface area contributed by atoms with E-state index < -0.39 is 24.1 Å². The van der Waals surface area contributed by atoms with Crippen molar-refractivity contribution >= 4 is 70.9 Å². The second kappa shape index (κ2) is 20.9. The summed E-state index contributed by atoms with van der Waals surface area (Å²) in [6, 6.07) is 8.06. The first-order valence-corrected chi connectivity index (χ1v) is 21.3. The Bertz CT molecular complexity index is 1440. The maximum atomic E-state index is 12.6. The highest BCUT2D eigenvalue weighted by molar-refractivity contribution is 8.07. The monoisotopic (exact) mass is 790 g/mol. The zero-order valence-electron chi connectivity index (χ0n) is 30.0. The summed E-state index contributed by atoms with van der Waals surface area (Å²) >= 11 is 6.59. The van der Waals surface area contributed by atoms with Crippen LogP contribution in [0.2, 0.25) is 0 Å². The highest BCUT2D eigenvalue weighted by atomic mass is 32.2. The minimum atomic E-state index is -0.811. The molecule has 2 heterocycles. The molecule has 14 heteroatoms. The lowest BCUT2D eigenvalue weighted by Crippen LogP contribution is -2.34. The topological polar surface area (TPSA) is 124 Å². The number of esters is 4. The summed E-state index contributed by atoms with van der Waals surface area (Å²) in [6.45, 7) is 14.4. The third-order valence-electron chi connectivity index (χ3n) is 7.96. The second-order valence-corrected chi connectivity index (χ2v) is 17.1. The first-order valence-electron chi connectivity index (χ1n) is 16.9. The number of ether oxygens (including phenoxy) is 6. The highest BCUT2D eigenvalue weighted by Gasteiger charge is 2.27. The molecule has 52 heavy (non-hydrogen) atoms. The molecule has 0 saturated carbocycles. The SMILES string of the molecule is C=CC(=O)OC(COC(=O)C1CSCCS1)COc1c(C)cc(-c2cc(C)c(OCC(COC(=O)C3CSCCS3)OC(=O)C=C)c(C)c2)cc1C. The standard InChI is InChI=1S/C38H46O10S4/c1-7-33(39)47-29(19-45-37(41)31-21-49-9-11-51-31)17-43-35-23(3)13-27(14-24(35)4)28-15-25(5)36(26(6)16-28)44-18-30(48-34(40)8-2)20-46-38(42)32-22-50-10-12-52-32/h7-8,13-16,29-32H,1-2,9-12,17-22H2,3-6H3. The smallest absolute Gasteiger partial charge is 0.330 e. The average molecular weight is 791 g/mol.